The Morgan fingerprint density at radius 1 is 1.00 bits per heavy atom. The third kappa shape index (κ3) is 3.37. The van der Waals surface area contributed by atoms with Crippen molar-refractivity contribution in [1.29, 1.82) is 0 Å². The number of hydrogen-bond donors (Lipinski definition) is 1. The Morgan fingerprint density at radius 3 is 2.45 bits per heavy atom. The fourth-order valence-corrected chi connectivity index (χ4v) is 4.65. The molecule has 0 aromatic carbocycles. The molecule has 1 atom stereocenters. The van der Waals surface area contributed by atoms with Gasteiger partial charge in [0.2, 0.25) is 0 Å². The van der Waals surface area contributed by atoms with E-state index in [0.717, 1.165) is 6.04 Å². The highest BCUT2D eigenvalue weighted by Gasteiger charge is 2.33. The molecule has 116 valence electrons. The Labute approximate surface area is 125 Å². The molecule has 2 heterocycles. The molecule has 1 aliphatic carbocycles. The van der Waals surface area contributed by atoms with E-state index in [4.69, 9.17) is 0 Å². The predicted molar refractivity (Wildman–Crippen MR) is 85.1 cm³/mol. The highest BCUT2D eigenvalue weighted by atomic mass is 15.3. The molecule has 0 spiro atoms. The summed E-state index contributed by atoms with van der Waals surface area (Å²) < 4.78 is 0. The molecule has 2 aliphatic heterocycles. The number of rotatable bonds is 5. The topological polar surface area (TPSA) is 18.5 Å². The fourth-order valence-electron chi connectivity index (χ4n) is 4.65. The number of hydrogen-bond acceptors (Lipinski definition) is 3. The Bertz CT molecular complexity index is 293. The van der Waals surface area contributed by atoms with E-state index in [-0.39, 0.29) is 0 Å². The van der Waals surface area contributed by atoms with Crippen molar-refractivity contribution in [3.8, 4) is 0 Å². The Kier molecular flexibility index (Phi) is 5.00. The van der Waals surface area contributed by atoms with Crippen molar-refractivity contribution >= 4 is 0 Å². The van der Waals surface area contributed by atoms with Crippen molar-refractivity contribution in [2.24, 2.45) is 0 Å². The molecule has 1 unspecified atom stereocenters. The van der Waals surface area contributed by atoms with Crippen LogP contribution < -0.4 is 5.32 Å². The molecule has 1 saturated carbocycles. The van der Waals surface area contributed by atoms with Gasteiger partial charge in [-0.25, -0.2) is 0 Å². The summed E-state index contributed by atoms with van der Waals surface area (Å²) in [6.45, 7) is 6.70. The molecule has 0 amide bonds. The van der Waals surface area contributed by atoms with Crippen LogP contribution in [0.3, 0.4) is 0 Å². The molecule has 3 rings (SSSR count). The molecular weight excluding hydrogens is 246 g/mol. The normalized spacial score (nSPS) is 31.9. The first kappa shape index (κ1) is 14.8. The van der Waals surface area contributed by atoms with Crippen LogP contribution in [-0.2, 0) is 0 Å². The lowest BCUT2D eigenvalue weighted by atomic mass is 9.79. The summed E-state index contributed by atoms with van der Waals surface area (Å²) in [7, 11) is 2.18. The van der Waals surface area contributed by atoms with E-state index in [1.54, 1.807) is 0 Å². The average Bonchev–Trinajstić information content (AvgIpc) is 3.17. The van der Waals surface area contributed by atoms with Crippen LogP contribution in [0.2, 0.25) is 0 Å². The van der Waals surface area contributed by atoms with Gasteiger partial charge in [-0.05, 0) is 71.8 Å². The molecule has 0 bridgehead atoms. The number of nitrogens with one attached hydrogen (secondary N) is 1. The zero-order valence-electron chi connectivity index (χ0n) is 13.4. The van der Waals surface area contributed by atoms with Gasteiger partial charge >= 0.3 is 0 Å². The number of likely N-dealkylation sites (tertiary alicyclic amines) is 2. The van der Waals surface area contributed by atoms with Crippen LogP contribution >= 0.6 is 0 Å². The van der Waals surface area contributed by atoms with Gasteiger partial charge in [0, 0.05) is 18.1 Å². The minimum atomic E-state index is 0.462. The number of nitrogens with zero attached hydrogens (tertiary/aromatic N) is 2. The molecule has 2 saturated heterocycles. The standard InChI is InChI=1S/C17H33N3/c1-18-17(8-3-2-4-9-17)10-14-19-13-7-16(15-19)20-11-5-6-12-20/h16,18H,2-15H2,1H3. The first-order valence-corrected chi connectivity index (χ1v) is 8.97. The Hall–Kier alpha value is -0.120. The molecule has 0 radical (unpaired) electrons. The largest absolute Gasteiger partial charge is 0.314 e. The van der Waals surface area contributed by atoms with Crippen LogP contribution in [0.15, 0.2) is 0 Å². The van der Waals surface area contributed by atoms with E-state index in [1.165, 1.54) is 90.5 Å². The lowest BCUT2D eigenvalue weighted by Crippen LogP contribution is -2.47. The molecule has 20 heavy (non-hydrogen) atoms. The summed E-state index contributed by atoms with van der Waals surface area (Å²) in [5, 5.41) is 3.67. The van der Waals surface area contributed by atoms with Gasteiger partial charge in [0.25, 0.3) is 0 Å². The highest BCUT2D eigenvalue weighted by Crippen LogP contribution is 2.31. The molecule has 3 fully saturated rings. The Balaban J connectivity index is 1.44. The van der Waals surface area contributed by atoms with Gasteiger partial charge in [-0.2, -0.15) is 0 Å². The summed E-state index contributed by atoms with van der Waals surface area (Å²) in [6, 6.07) is 0.870. The van der Waals surface area contributed by atoms with E-state index in [9.17, 15) is 0 Å². The molecule has 3 nitrogen and oxygen atoms in total. The van der Waals surface area contributed by atoms with E-state index in [0.29, 0.717) is 5.54 Å². The second-order valence-corrected chi connectivity index (χ2v) is 7.33. The van der Waals surface area contributed by atoms with Gasteiger partial charge in [-0.3, -0.25) is 4.90 Å². The van der Waals surface area contributed by atoms with Crippen LogP contribution in [0, 0.1) is 0 Å². The van der Waals surface area contributed by atoms with Crippen LogP contribution in [0.5, 0.6) is 0 Å². The summed E-state index contributed by atoms with van der Waals surface area (Å²) in [5.74, 6) is 0. The monoisotopic (exact) mass is 279 g/mol. The van der Waals surface area contributed by atoms with Crippen molar-refractivity contribution in [3.05, 3.63) is 0 Å². The van der Waals surface area contributed by atoms with Gasteiger partial charge in [-0.1, -0.05) is 19.3 Å². The maximum atomic E-state index is 3.67. The molecule has 0 aromatic rings. The minimum Gasteiger partial charge on any atom is -0.314 e. The first-order valence-electron chi connectivity index (χ1n) is 8.97. The second kappa shape index (κ2) is 6.76. The summed E-state index contributed by atoms with van der Waals surface area (Å²) in [6.07, 6.45) is 12.7. The van der Waals surface area contributed by atoms with Gasteiger partial charge in [0.05, 0.1) is 0 Å². The Morgan fingerprint density at radius 2 is 1.75 bits per heavy atom. The average molecular weight is 279 g/mol. The molecule has 3 heteroatoms. The van der Waals surface area contributed by atoms with Crippen LogP contribution in [0.1, 0.15) is 57.8 Å². The molecule has 3 aliphatic rings. The van der Waals surface area contributed by atoms with Crippen molar-refractivity contribution in [3.63, 3.8) is 0 Å². The molecule has 0 aromatic heterocycles. The van der Waals surface area contributed by atoms with Crippen LogP contribution in [0.4, 0.5) is 0 Å². The summed E-state index contributed by atoms with van der Waals surface area (Å²) in [4.78, 5) is 5.48. The summed E-state index contributed by atoms with van der Waals surface area (Å²) >= 11 is 0. The van der Waals surface area contributed by atoms with Crippen molar-refractivity contribution in [2.45, 2.75) is 69.4 Å². The van der Waals surface area contributed by atoms with Crippen LogP contribution in [0.25, 0.3) is 0 Å². The SMILES string of the molecule is CNC1(CCN2CCC(N3CCCC3)C2)CCCCC1. The highest BCUT2D eigenvalue weighted by molar-refractivity contribution is 4.92. The van der Waals surface area contributed by atoms with E-state index < -0.39 is 0 Å². The van der Waals surface area contributed by atoms with E-state index in [2.05, 4.69) is 22.2 Å². The maximum absolute atomic E-state index is 3.67. The third-order valence-electron chi connectivity index (χ3n) is 6.15. The van der Waals surface area contributed by atoms with Gasteiger partial charge in [0.1, 0.15) is 0 Å². The fraction of sp³-hybridized carbons (Fsp3) is 1.00. The summed E-state index contributed by atoms with van der Waals surface area (Å²) in [5.41, 5.74) is 0.462. The van der Waals surface area contributed by atoms with Crippen LogP contribution in [-0.4, -0.2) is 61.2 Å². The zero-order chi connectivity index (χ0) is 13.8. The third-order valence-corrected chi connectivity index (χ3v) is 6.15. The van der Waals surface area contributed by atoms with E-state index >= 15 is 0 Å². The molecule has 1 N–H and O–H groups in total. The lowest BCUT2D eigenvalue weighted by molar-refractivity contribution is 0.185. The van der Waals surface area contributed by atoms with Crippen molar-refractivity contribution in [2.75, 3.05) is 39.8 Å². The quantitative estimate of drug-likeness (QED) is 0.834. The van der Waals surface area contributed by atoms with Gasteiger partial charge in [-0.15, -0.1) is 0 Å². The lowest BCUT2D eigenvalue weighted by Gasteiger charge is -2.38. The zero-order valence-corrected chi connectivity index (χ0v) is 13.4. The predicted octanol–water partition coefficient (Wildman–Crippen LogP) is 2.47. The van der Waals surface area contributed by atoms with Gasteiger partial charge < -0.3 is 10.2 Å². The molecular formula is C17H33N3. The minimum absolute atomic E-state index is 0.462. The smallest absolute Gasteiger partial charge is 0.0235 e. The maximum Gasteiger partial charge on any atom is 0.0235 e. The van der Waals surface area contributed by atoms with Crippen molar-refractivity contribution in [1.82, 2.24) is 15.1 Å². The van der Waals surface area contributed by atoms with E-state index in [1.807, 2.05) is 0 Å². The second-order valence-electron chi connectivity index (χ2n) is 7.33. The van der Waals surface area contributed by atoms with Crippen molar-refractivity contribution < 1.29 is 0 Å². The first-order chi connectivity index (χ1) is 9.81. The van der Waals surface area contributed by atoms with Gasteiger partial charge in [0.15, 0.2) is 0 Å².